The maximum Gasteiger partial charge on any atom is 0.419 e. The highest BCUT2D eigenvalue weighted by atomic mass is 19.4. The molecule has 0 spiro atoms. The molecule has 4 rings (SSSR count). The molecule has 3 aromatic carbocycles. The van der Waals surface area contributed by atoms with E-state index in [4.69, 9.17) is 5.26 Å². The van der Waals surface area contributed by atoms with Crippen LogP contribution in [0.15, 0.2) is 66.9 Å². The molecular weight excluding hydrogens is 399 g/mol. The van der Waals surface area contributed by atoms with Crippen molar-refractivity contribution in [1.82, 2.24) is 4.98 Å². The van der Waals surface area contributed by atoms with Gasteiger partial charge in [-0.1, -0.05) is 24.3 Å². The first-order valence-corrected chi connectivity index (χ1v) is 8.74. The number of aromatic nitrogens is 1. The minimum atomic E-state index is -4.84. The zero-order valence-corrected chi connectivity index (χ0v) is 15.1. The zero-order valence-electron chi connectivity index (χ0n) is 15.1. The lowest BCUT2D eigenvalue weighted by molar-refractivity contribution is -0.139. The summed E-state index contributed by atoms with van der Waals surface area (Å²) in [6, 6.07) is 15.9. The summed E-state index contributed by atoms with van der Waals surface area (Å²) in [5, 5.41) is 9.24. The lowest BCUT2D eigenvalue weighted by atomic mass is 9.95. The fraction of sp³-hybridized carbons (Fsp3) is 0.0435. The van der Waals surface area contributed by atoms with Gasteiger partial charge in [-0.05, 0) is 53.1 Å². The number of fused-ring (bicyclic) bond motifs is 1. The average molecular weight is 410 g/mol. The molecule has 7 heteroatoms. The quantitative estimate of drug-likeness (QED) is 0.343. The van der Waals surface area contributed by atoms with Crippen LogP contribution in [0.3, 0.4) is 0 Å². The van der Waals surface area contributed by atoms with Crippen LogP contribution in [0.25, 0.3) is 33.2 Å². The number of pyridine rings is 1. The van der Waals surface area contributed by atoms with Crippen molar-refractivity contribution < 1.29 is 22.0 Å². The third-order valence-electron chi connectivity index (χ3n) is 4.74. The van der Waals surface area contributed by atoms with Crippen molar-refractivity contribution in [2.24, 2.45) is 0 Å². The standard InChI is InChI=1S/C23H11F5N2/c24-20-7-4-15(11-18(20)14-3-1-2-13(10-14)12-29)16-8-9-30-22-17(16)5-6-19(21(22)25)23(26,27)28/h1-11H. The second kappa shape index (κ2) is 7.23. The molecule has 30 heavy (non-hydrogen) atoms. The van der Waals surface area contributed by atoms with Crippen LogP contribution in [0.2, 0.25) is 0 Å². The molecule has 0 aliphatic heterocycles. The van der Waals surface area contributed by atoms with E-state index in [9.17, 15) is 22.0 Å². The van der Waals surface area contributed by atoms with Crippen molar-refractivity contribution in [2.75, 3.05) is 0 Å². The molecule has 4 aromatic rings. The summed E-state index contributed by atoms with van der Waals surface area (Å²) in [5.74, 6) is -1.98. The normalized spacial score (nSPS) is 11.5. The number of nitrogens with zero attached hydrogens (tertiary/aromatic N) is 2. The van der Waals surface area contributed by atoms with Crippen LogP contribution in [-0.4, -0.2) is 4.98 Å². The highest BCUT2D eigenvalue weighted by molar-refractivity contribution is 5.95. The minimum Gasteiger partial charge on any atom is -0.253 e. The van der Waals surface area contributed by atoms with Gasteiger partial charge in [-0.15, -0.1) is 0 Å². The molecular formula is C23H11F5N2. The van der Waals surface area contributed by atoms with Crippen LogP contribution in [0, 0.1) is 23.0 Å². The Morgan fingerprint density at radius 1 is 0.833 bits per heavy atom. The fourth-order valence-electron chi connectivity index (χ4n) is 3.33. The van der Waals surface area contributed by atoms with Gasteiger partial charge in [0.1, 0.15) is 11.3 Å². The van der Waals surface area contributed by atoms with Gasteiger partial charge in [0.05, 0.1) is 17.2 Å². The Morgan fingerprint density at radius 2 is 1.60 bits per heavy atom. The summed E-state index contributed by atoms with van der Waals surface area (Å²) >= 11 is 0. The Morgan fingerprint density at radius 3 is 2.33 bits per heavy atom. The average Bonchev–Trinajstić information content (AvgIpc) is 2.73. The number of nitriles is 1. The van der Waals surface area contributed by atoms with Crippen molar-refractivity contribution in [3.63, 3.8) is 0 Å². The molecule has 1 heterocycles. The summed E-state index contributed by atoms with van der Waals surface area (Å²) in [6.07, 6.45) is -3.63. The van der Waals surface area contributed by atoms with Gasteiger partial charge in [-0.25, -0.2) is 8.78 Å². The van der Waals surface area contributed by atoms with E-state index in [2.05, 4.69) is 4.98 Å². The van der Waals surface area contributed by atoms with Gasteiger partial charge in [0.2, 0.25) is 0 Å². The highest BCUT2D eigenvalue weighted by Crippen LogP contribution is 2.37. The number of hydrogen-bond donors (Lipinski definition) is 0. The second-order valence-electron chi connectivity index (χ2n) is 6.57. The predicted octanol–water partition coefficient (Wildman–Crippen LogP) is 6.74. The van der Waals surface area contributed by atoms with Gasteiger partial charge >= 0.3 is 6.18 Å². The third-order valence-corrected chi connectivity index (χ3v) is 4.74. The molecule has 0 aliphatic carbocycles. The Balaban J connectivity index is 1.91. The van der Waals surface area contributed by atoms with E-state index in [1.165, 1.54) is 36.5 Å². The summed E-state index contributed by atoms with van der Waals surface area (Å²) in [4.78, 5) is 3.78. The van der Waals surface area contributed by atoms with Gasteiger partial charge in [0.25, 0.3) is 0 Å². The lowest BCUT2D eigenvalue weighted by Gasteiger charge is -2.13. The molecule has 0 bridgehead atoms. The van der Waals surface area contributed by atoms with E-state index in [0.29, 0.717) is 28.3 Å². The SMILES string of the molecule is N#Cc1cccc(-c2cc(-c3ccnc4c(F)c(C(F)(F)F)ccc34)ccc2F)c1. The maximum atomic E-state index is 14.5. The van der Waals surface area contributed by atoms with Gasteiger partial charge in [-0.2, -0.15) is 18.4 Å². The smallest absolute Gasteiger partial charge is 0.253 e. The molecule has 0 amide bonds. The topological polar surface area (TPSA) is 36.7 Å². The van der Waals surface area contributed by atoms with Gasteiger partial charge in [0.15, 0.2) is 5.82 Å². The summed E-state index contributed by atoms with van der Waals surface area (Å²) in [5.41, 5.74) is 0.103. The number of hydrogen-bond acceptors (Lipinski definition) is 2. The second-order valence-corrected chi connectivity index (χ2v) is 6.57. The highest BCUT2D eigenvalue weighted by Gasteiger charge is 2.35. The van der Waals surface area contributed by atoms with Crippen LogP contribution in [0.5, 0.6) is 0 Å². The van der Waals surface area contributed by atoms with E-state index in [1.807, 2.05) is 6.07 Å². The predicted molar refractivity (Wildman–Crippen MR) is 102 cm³/mol. The number of halogens is 5. The van der Waals surface area contributed by atoms with Gasteiger partial charge < -0.3 is 0 Å². The number of rotatable bonds is 2. The number of alkyl halides is 3. The van der Waals surface area contributed by atoms with Crippen molar-refractivity contribution >= 4 is 10.9 Å². The summed E-state index contributed by atoms with van der Waals surface area (Å²) in [7, 11) is 0. The van der Waals surface area contributed by atoms with E-state index in [0.717, 1.165) is 6.07 Å². The summed E-state index contributed by atoms with van der Waals surface area (Å²) < 4.78 is 68.0. The van der Waals surface area contributed by atoms with Crippen LogP contribution >= 0.6 is 0 Å². The molecule has 2 nitrogen and oxygen atoms in total. The molecule has 0 saturated carbocycles. The summed E-state index contributed by atoms with van der Waals surface area (Å²) in [6.45, 7) is 0. The third kappa shape index (κ3) is 3.37. The van der Waals surface area contributed by atoms with Crippen LogP contribution in [0.4, 0.5) is 22.0 Å². The fourth-order valence-corrected chi connectivity index (χ4v) is 3.33. The number of benzene rings is 3. The Hall–Kier alpha value is -3.79. The van der Waals surface area contributed by atoms with Crippen LogP contribution in [-0.2, 0) is 6.18 Å². The minimum absolute atomic E-state index is 0.173. The van der Waals surface area contributed by atoms with Crippen molar-refractivity contribution in [1.29, 1.82) is 5.26 Å². The van der Waals surface area contributed by atoms with Crippen LogP contribution in [0.1, 0.15) is 11.1 Å². The van der Waals surface area contributed by atoms with Crippen molar-refractivity contribution in [3.05, 3.63) is 89.6 Å². The largest absolute Gasteiger partial charge is 0.419 e. The van der Waals surface area contributed by atoms with E-state index in [1.54, 1.807) is 18.2 Å². The van der Waals surface area contributed by atoms with E-state index < -0.39 is 28.9 Å². The maximum absolute atomic E-state index is 14.5. The molecule has 0 unspecified atom stereocenters. The first-order chi connectivity index (χ1) is 14.3. The van der Waals surface area contributed by atoms with Crippen LogP contribution < -0.4 is 0 Å². The molecule has 148 valence electrons. The Bertz CT molecular complexity index is 1320. The Labute approximate surface area is 167 Å². The monoisotopic (exact) mass is 410 g/mol. The first kappa shape index (κ1) is 19.5. The zero-order chi connectivity index (χ0) is 21.5. The van der Waals surface area contributed by atoms with Gasteiger partial charge in [0, 0.05) is 17.1 Å². The van der Waals surface area contributed by atoms with Gasteiger partial charge in [-0.3, -0.25) is 4.98 Å². The molecule has 0 radical (unpaired) electrons. The Kier molecular flexibility index (Phi) is 4.70. The molecule has 0 aliphatic rings. The van der Waals surface area contributed by atoms with E-state index >= 15 is 0 Å². The van der Waals surface area contributed by atoms with E-state index in [-0.39, 0.29) is 10.9 Å². The molecule has 1 aromatic heterocycles. The lowest BCUT2D eigenvalue weighted by Crippen LogP contribution is -2.08. The van der Waals surface area contributed by atoms with Crippen molar-refractivity contribution in [2.45, 2.75) is 6.18 Å². The molecule has 0 N–H and O–H groups in total. The molecule has 0 atom stereocenters. The molecule has 0 fully saturated rings. The first-order valence-electron chi connectivity index (χ1n) is 8.74. The molecule has 0 saturated heterocycles. The van der Waals surface area contributed by atoms with Crippen molar-refractivity contribution in [3.8, 4) is 28.3 Å².